The van der Waals surface area contributed by atoms with E-state index in [0.29, 0.717) is 30.8 Å². The molecular formula is C25H29NO8. The molecule has 34 heavy (non-hydrogen) atoms. The number of methoxy groups -OCH3 is 3. The van der Waals surface area contributed by atoms with Gasteiger partial charge in [0.05, 0.1) is 39.4 Å². The maximum absolute atomic E-state index is 13.2. The third-order valence-electron chi connectivity index (χ3n) is 6.09. The predicted octanol–water partition coefficient (Wildman–Crippen LogP) is 2.43. The second-order valence-electron chi connectivity index (χ2n) is 8.24. The van der Waals surface area contributed by atoms with E-state index in [4.69, 9.17) is 9.47 Å². The zero-order valence-corrected chi connectivity index (χ0v) is 19.7. The van der Waals surface area contributed by atoms with E-state index >= 15 is 0 Å². The summed E-state index contributed by atoms with van der Waals surface area (Å²) in [7, 11) is 5.93. The van der Waals surface area contributed by atoms with E-state index < -0.39 is 36.0 Å². The number of benzene rings is 2. The van der Waals surface area contributed by atoms with Gasteiger partial charge in [0.25, 0.3) is 0 Å². The Hall–Kier alpha value is -3.43. The molecule has 3 rings (SSSR count). The minimum atomic E-state index is -0.773. The van der Waals surface area contributed by atoms with Crippen LogP contribution in [0.15, 0.2) is 30.3 Å². The standard InChI is InChI=1S/C25H29NO8/c1-26-10-9-16(19(29)13-26)22-20(32-2)12-21(33-3)23(24(22)30)18(28)11-17(27)14-5-7-15(8-6-14)25(31)34-4/h5-8,12,16,19,29-30H,9-11,13H2,1-4H3. The number of phenolic OH excluding ortho intramolecular Hbond substituents is 1. The molecule has 0 aliphatic carbocycles. The molecule has 1 saturated heterocycles. The molecular weight excluding hydrogens is 442 g/mol. The normalized spacial score (nSPS) is 18.3. The lowest BCUT2D eigenvalue weighted by molar-refractivity contribution is 0.0599. The summed E-state index contributed by atoms with van der Waals surface area (Å²) in [6.07, 6.45) is -0.749. The van der Waals surface area contributed by atoms with Crippen LogP contribution in [-0.4, -0.2) is 80.2 Å². The highest BCUT2D eigenvalue weighted by Gasteiger charge is 2.35. The zero-order valence-electron chi connectivity index (χ0n) is 19.7. The highest BCUT2D eigenvalue weighted by molar-refractivity contribution is 6.15. The molecule has 0 spiro atoms. The number of rotatable bonds is 8. The Balaban J connectivity index is 1.94. The van der Waals surface area contributed by atoms with Gasteiger partial charge in [-0.05, 0) is 32.1 Å². The van der Waals surface area contributed by atoms with E-state index in [-0.39, 0.29) is 28.2 Å². The largest absolute Gasteiger partial charge is 0.507 e. The first kappa shape index (κ1) is 25.2. The number of aliphatic hydroxyl groups excluding tert-OH is 1. The number of aromatic hydroxyl groups is 1. The van der Waals surface area contributed by atoms with Gasteiger partial charge < -0.3 is 29.3 Å². The lowest BCUT2D eigenvalue weighted by Crippen LogP contribution is -2.40. The van der Waals surface area contributed by atoms with E-state index in [0.717, 1.165) is 0 Å². The second-order valence-corrected chi connectivity index (χ2v) is 8.24. The van der Waals surface area contributed by atoms with Crippen LogP contribution in [0.3, 0.4) is 0 Å². The second kappa shape index (κ2) is 10.7. The third kappa shape index (κ3) is 5.05. The lowest BCUT2D eigenvalue weighted by atomic mass is 9.84. The molecule has 1 aliphatic heterocycles. The van der Waals surface area contributed by atoms with Crippen molar-refractivity contribution in [2.75, 3.05) is 41.5 Å². The van der Waals surface area contributed by atoms with Crippen molar-refractivity contribution in [1.82, 2.24) is 4.90 Å². The summed E-state index contributed by atoms with van der Waals surface area (Å²) in [6.45, 7) is 1.10. The molecule has 1 fully saturated rings. The van der Waals surface area contributed by atoms with Gasteiger partial charge in [-0.1, -0.05) is 12.1 Å². The van der Waals surface area contributed by atoms with Crippen LogP contribution in [0.2, 0.25) is 0 Å². The molecule has 9 nitrogen and oxygen atoms in total. The Labute approximate surface area is 197 Å². The van der Waals surface area contributed by atoms with Crippen LogP contribution in [0.5, 0.6) is 17.2 Å². The van der Waals surface area contributed by atoms with Gasteiger partial charge in [0.2, 0.25) is 0 Å². The molecule has 1 heterocycles. The van der Waals surface area contributed by atoms with E-state index in [1.54, 1.807) is 0 Å². The van der Waals surface area contributed by atoms with Crippen LogP contribution in [0.1, 0.15) is 55.4 Å². The number of Topliss-reactive ketones (excluding diaryl/α,β-unsaturated/α-hetero) is 2. The summed E-state index contributed by atoms with van der Waals surface area (Å²) >= 11 is 0. The quantitative estimate of drug-likeness (QED) is 0.339. The number of hydrogen-bond acceptors (Lipinski definition) is 9. The number of carbonyl (C=O) groups is 3. The number of nitrogens with zero attached hydrogens (tertiary/aromatic N) is 1. The van der Waals surface area contributed by atoms with E-state index in [1.165, 1.54) is 51.7 Å². The van der Waals surface area contributed by atoms with Crippen molar-refractivity contribution in [3.05, 3.63) is 52.6 Å². The molecule has 182 valence electrons. The van der Waals surface area contributed by atoms with Gasteiger partial charge in [-0.3, -0.25) is 9.59 Å². The van der Waals surface area contributed by atoms with E-state index in [2.05, 4.69) is 4.74 Å². The smallest absolute Gasteiger partial charge is 0.337 e. The molecule has 2 aromatic rings. The number of likely N-dealkylation sites (N-methyl/N-ethyl adjacent to an activating group) is 1. The lowest BCUT2D eigenvalue weighted by Gasteiger charge is -2.35. The molecule has 2 atom stereocenters. The van der Waals surface area contributed by atoms with Crippen LogP contribution in [-0.2, 0) is 4.74 Å². The van der Waals surface area contributed by atoms with Gasteiger partial charge in [0.1, 0.15) is 22.8 Å². The molecule has 1 aliphatic rings. The number of ether oxygens (including phenoxy) is 3. The van der Waals surface area contributed by atoms with Crippen LogP contribution in [0, 0.1) is 0 Å². The van der Waals surface area contributed by atoms with Crippen molar-refractivity contribution in [3.63, 3.8) is 0 Å². The van der Waals surface area contributed by atoms with Gasteiger partial charge in [-0.25, -0.2) is 4.79 Å². The number of aliphatic hydroxyl groups is 1. The van der Waals surface area contributed by atoms with Gasteiger partial charge in [-0.2, -0.15) is 0 Å². The monoisotopic (exact) mass is 471 g/mol. The van der Waals surface area contributed by atoms with Crippen molar-refractivity contribution in [2.24, 2.45) is 0 Å². The fraction of sp³-hybridized carbons (Fsp3) is 0.400. The average Bonchev–Trinajstić information content (AvgIpc) is 2.83. The van der Waals surface area contributed by atoms with E-state index in [1.807, 2.05) is 11.9 Å². The maximum Gasteiger partial charge on any atom is 0.337 e. The molecule has 0 amide bonds. The third-order valence-corrected chi connectivity index (χ3v) is 6.09. The molecule has 2 aromatic carbocycles. The first-order valence-electron chi connectivity index (χ1n) is 10.8. The first-order chi connectivity index (χ1) is 16.2. The summed E-state index contributed by atoms with van der Waals surface area (Å²) in [5, 5.41) is 21.8. The number of β-amino-alcohol motifs (C(OH)–C–C–N with tert-alkyl or cyclic N) is 1. The van der Waals surface area contributed by atoms with Crippen LogP contribution >= 0.6 is 0 Å². The number of phenols is 1. The van der Waals surface area contributed by atoms with Crippen molar-refractivity contribution in [3.8, 4) is 17.2 Å². The maximum atomic E-state index is 13.2. The number of piperidine rings is 1. The van der Waals surface area contributed by atoms with Gasteiger partial charge >= 0.3 is 5.97 Å². The molecule has 2 unspecified atom stereocenters. The van der Waals surface area contributed by atoms with Gasteiger partial charge in [-0.15, -0.1) is 0 Å². The summed E-state index contributed by atoms with van der Waals surface area (Å²) in [5.41, 5.74) is 0.700. The summed E-state index contributed by atoms with van der Waals surface area (Å²) in [6, 6.07) is 7.24. The topological polar surface area (TPSA) is 123 Å². The summed E-state index contributed by atoms with van der Waals surface area (Å²) in [4.78, 5) is 39.5. The van der Waals surface area contributed by atoms with Crippen molar-refractivity contribution < 1.29 is 38.8 Å². The Morgan fingerprint density at radius 1 is 1.00 bits per heavy atom. The Morgan fingerprint density at radius 2 is 1.62 bits per heavy atom. The minimum absolute atomic E-state index is 0.0688. The molecule has 9 heteroatoms. The van der Waals surface area contributed by atoms with Gasteiger partial charge in [0, 0.05) is 29.7 Å². The average molecular weight is 472 g/mol. The molecule has 0 aromatic heterocycles. The minimum Gasteiger partial charge on any atom is -0.507 e. The molecule has 0 radical (unpaired) electrons. The zero-order chi connectivity index (χ0) is 25.0. The van der Waals surface area contributed by atoms with Crippen molar-refractivity contribution >= 4 is 17.5 Å². The highest BCUT2D eigenvalue weighted by atomic mass is 16.5. The molecule has 0 saturated carbocycles. The number of hydrogen-bond donors (Lipinski definition) is 2. The first-order valence-corrected chi connectivity index (χ1v) is 10.8. The van der Waals surface area contributed by atoms with Crippen molar-refractivity contribution in [2.45, 2.75) is 24.9 Å². The van der Waals surface area contributed by atoms with Crippen LogP contribution in [0.25, 0.3) is 0 Å². The van der Waals surface area contributed by atoms with Gasteiger partial charge in [0.15, 0.2) is 11.6 Å². The SMILES string of the molecule is COC(=O)c1ccc(C(=O)CC(=O)c2c(OC)cc(OC)c(C3CCN(C)CC3O)c2O)cc1. The van der Waals surface area contributed by atoms with Crippen molar-refractivity contribution in [1.29, 1.82) is 0 Å². The highest BCUT2D eigenvalue weighted by Crippen LogP contribution is 2.46. The van der Waals surface area contributed by atoms with Crippen LogP contribution < -0.4 is 9.47 Å². The fourth-order valence-electron chi connectivity index (χ4n) is 4.27. The Kier molecular flexibility index (Phi) is 7.90. The number of esters is 1. The number of carbonyl (C=O) groups excluding carboxylic acids is 3. The predicted molar refractivity (Wildman–Crippen MR) is 123 cm³/mol. The summed E-state index contributed by atoms with van der Waals surface area (Å²) in [5.74, 6) is -2.11. The van der Waals surface area contributed by atoms with Crippen LogP contribution in [0.4, 0.5) is 0 Å². The van der Waals surface area contributed by atoms with E-state index in [9.17, 15) is 24.6 Å². The molecule has 2 N–H and O–H groups in total. The Bertz CT molecular complexity index is 1080. The molecule has 0 bridgehead atoms. The number of likely N-dealkylation sites (tertiary alicyclic amines) is 1. The number of ketones is 2. The summed E-state index contributed by atoms with van der Waals surface area (Å²) < 4.78 is 15.4. The fourth-order valence-corrected chi connectivity index (χ4v) is 4.27. The Morgan fingerprint density at radius 3 is 2.18 bits per heavy atom.